The fraction of sp³-hybridized carbons (Fsp3) is 0.875. The standard InChI is InChI=1S/C24H43N3O6S.C24H41N3O5S/c1-24(2,3)32-21(28)17-20(12-8-11-18-9-6-5-7-10-18)23(29)33-26-22(25)19-13-15-27(16-14-19)34(4,30)31;1-24(2,3)31-21(28)17-20(12-8-11-18-9-6-5-7-10-18)23-25-22(26-32-23)19-13-15-27(16-14-19)33(4,29)30/h18-20H,5-17H2,1-4H3,(H2,25,26);18-20H,5-17H2,1-4H3/t2*20-/m11/s1. The molecule has 2 atom stereocenters. The number of hydrogen-bond acceptors (Lipinski definition) is 14. The number of nitrogens with zero attached hydrogens (tertiary/aromatic N) is 5. The lowest BCUT2D eigenvalue weighted by atomic mass is 9.84. The predicted octanol–water partition coefficient (Wildman–Crippen LogP) is 8.35. The quantitative estimate of drug-likeness (QED) is 0.0452. The zero-order chi connectivity index (χ0) is 49.4. The SMILES string of the molecule is CC(C)(C)OC(=O)C[C@@H](CCCC1CCCCC1)C(=O)O/N=C(\N)C1CCN(S(C)(=O)=O)CC1.CC(C)(C)OC(=O)C[C@@H](CCCC1CCCCC1)c1nc(C2CCN(S(C)(=O)=O)CC2)no1. The van der Waals surface area contributed by atoms with E-state index in [1.54, 1.807) is 20.8 Å². The maximum atomic E-state index is 12.8. The van der Waals surface area contributed by atoms with Gasteiger partial charge in [0.05, 0.1) is 31.3 Å². The van der Waals surface area contributed by atoms with E-state index in [1.165, 1.54) is 91.8 Å². The minimum Gasteiger partial charge on any atom is -0.460 e. The highest BCUT2D eigenvalue weighted by atomic mass is 32.2. The molecule has 0 spiro atoms. The minimum absolute atomic E-state index is 0.0526. The molecule has 4 fully saturated rings. The Hall–Kier alpha value is -3.16. The molecular formula is C48H84N6O11S2. The molecule has 0 radical (unpaired) electrons. The maximum Gasteiger partial charge on any atom is 0.338 e. The highest BCUT2D eigenvalue weighted by Gasteiger charge is 2.33. The van der Waals surface area contributed by atoms with Crippen molar-refractivity contribution < 1.29 is 50.1 Å². The second-order valence-corrected chi connectivity index (χ2v) is 25.6. The number of nitrogens with two attached hydrogens (primary N) is 1. The van der Waals surface area contributed by atoms with Crippen LogP contribution in [-0.4, -0.2) is 109 Å². The van der Waals surface area contributed by atoms with Crippen LogP contribution >= 0.6 is 0 Å². The molecule has 2 aliphatic carbocycles. The van der Waals surface area contributed by atoms with Crippen molar-refractivity contribution in [2.24, 2.45) is 34.6 Å². The van der Waals surface area contributed by atoms with Gasteiger partial charge in [0, 0.05) is 43.9 Å². The molecular weight excluding hydrogens is 901 g/mol. The molecule has 0 aromatic carbocycles. The van der Waals surface area contributed by atoms with Crippen LogP contribution < -0.4 is 5.73 Å². The number of carbonyl (C=O) groups excluding carboxylic acids is 3. The Balaban J connectivity index is 0.000000293. The van der Waals surface area contributed by atoms with E-state index in [0.717, 1.165) is 31.6 Å². The molecule has 2 N–H and O–H groups in total. The number of aromatic nitrogens is 2. The van der Waals surface area contributed by atoms with Crippen molar-refractivity contribution in [1.82, 2.24) is 18.8 Å². The first-order valence-electron chi connectivity index (χ1n) is 25.1. The molecule has 0 amide bonds. The molecule has 384 valence electrons. The minimum atomic E-state index is -3.23. The van der Waals surface area contributed by atoms with E-state index in [4.69, 9.17) is 24.6 Å². The maximum absolute atomic E-state index is 12.8. The molecule has 0 unspecified atom stereocenters. The third-order valence-corrected chi connectivity index (χ3v) is 16.1. The predicted molar refractivity (Wildman–Crippen MR) is 258 cm³/mol. The largest absolute Gasteiger partial charge is 0.460 e. The second kappa shape index (κ2) is 26.2. The van der Waals surface area contributed by atoms with Crippen molar-refractivity contribution in [2.75, 3.05) is 38.7 Å². The smallest absolute Gasteiger partial charge is 0.338 e. The third-order valence-electron chi connectivity index (χ3n) is 13.5. The summed E-state index contributed by atoms with van der Waals surface area (Å²) >= 11 is 0. The van der Waals surface area contributed by atoms with Gasteiger partial charge in [-0.3, -0.25) is 9.59 Å². The van der Waals surface area contributed by atoms with E-state index in [-0.39, 0.29) is 42.4 Å². The summed E-state index contributed by atoms with van der Waals surface area (Å²) in [4.78, 5) is 47.6. The van der Waals surface area contributed by atoms with E-state index in [0.29, 0.717) is 75.9 Å². The second-order valence-electron chi connectivity index (χ2n) is 21.6. The van der Waals surface area contributed by atoms with E-state index < -0.39 is 49.1 Å². The van der Waals surface area contributed by atoms with Gasteiger partial charge in [0.2, 0.25) is 25.9 Å². The number of ether oxygens (including phenoxy) is 2. The number of piperidine rings is 2. The fourth-order valence-corrected chi connectivity index (χ4v) is 11.5. The van der Waals surface area contributed by atoms with Gasteiger partial charge in [-0.15, -0.1) is 0 Å². The highest BCUT2D eigenvalue weighted by Crippen LogP contribution is 2.34. The van der Waals surface area contributed by atoms with Crippen LogP contribution in [0.2, 0.25) is 0 Å². The van der Waals surface area contributed by atoms with Gasteiger partial charge in [0.15, 0.2) is 5.82 Å². The first-order chi connectivity index (χ1) is 31.4. The third kappa shape index (κ3) is 21.2. The summed E-state index contributed by atoms with van der Waals surface area (Å²) in [6, 6.07) is 0. The average Bonchev–Trinajstić information content (AvgIpc) is 3.74. The summed E-state index contributed by atoms with van der Waals surface area (Å²) in [5, 5.41) is 8.08. The number of rotatable bonds is 19. The summed E-state index contributed by atoms with van der Waals surface area (Å²) in [5.41, 5.74) is 4.89. The molecule has 4 aliphatic rings. The van der Waals surface area contributed by atoms with Crippen molar-refractivity contribution in [3.63, 3.8) is 0 Å². The number of sulfonamides is 2. The van der Waals surface area contributed by atoms with Gasteiger partial charge in [-0.25, -0.2) is 30.2 Å². The normalized spacial score (nSPS) is 20.6. The van der Waals surface area contributed by atoms with Crippen molar-refractivity contribution in [3.8, 4) is 0 Å². The van der Waals surface area contributed by atoms with Crippen LogP contribution in [0.3, 0.4) is 0 Å². The van der Waals surface area contributed by atoms with E-state index in [1.807, 2.05) is 20.8 Å². The van der Waals surface area contributed by atoms with Crippen LogP contribution in [0.15, 0.2) is 9.68 Å². The lowest BCUT2D eigenvalue weighted by molar-refractivity contribution is -0.161. The Bertz CT molecular complexity index is 1950. The molecule has 1 aromatic rings. The van der Waals surface area contributed by atoms with Crippen LogP contribution in [0.1, 0.15) is 206 Å². The zero-order valence-corrected chi connectivity index (χ0v) is 43.6. The topological polar surface area (TPSA) is 231 Å². The zero-order valence-electron chi connectivity index (χ0n) is 42.0. The van der Waals surface area contributed by atoms with Crippen LogP contribution in [0.5, 0.6) is 0 Å². The molecule has 17 nitrogen and oxygen atoms in total. The lowest BCUT2D eigenvalue weighted by Crippen LogP contribution is -2.41. The molecule has 19 heteroatoms. The van der Waals surface area contributed by atoms with Crippen LogP contribution in [-0.2, 0) is 48.7 Å². The molecule has 1 aromatic heterocycles. The van der Waals surface area contributed by atoms with E-state index >= 15 is 0 Å². The summed E-state index contributed by atoms with van der Waals surface area (Å²) in [6.45, 7) is 12.6. The summed E-state index contributed by atoms with van der Waals surface area (Å²) in [5.74, 6) is 0.672. The van der Waals surface area contributed by atoms with Gasteiger partial charge in [0.1, 0.15) is 17.0 Å². The van der Waals surface area contributed by atoms with Gasteiger partial charge < -0.3 is 24.6 Å². The lowest BCUT2D eigenvalue weighted by Gasteiger charge is -2.29. The Kier molecular flexibility index (Phi) is 22.0. The van der Waals surface area contributed by atoms with Crippen LogP contribution in [0, 0.1) is 23.7 Å². The van der Waals surface area contributed by atoms with Gasteiger partial charge in [-0.1, -0.05) is 100 Å². The Morgan fingerprint density at radius 3 is 1.64 bits per heavy atom. The molecule has 2 saturated heterocycles. The molecule has 5 rings (SSSR count). The number of amidine groups is 1. The average molecular weight is 985 g/mol. The van der Waals surface area contributed by atoms with Crippen molar-refractivity contribution in [3.05, 3.63) is 11.7 Å². The summed E-state index contributed by atoms with van der Waals surface area (Å²) < 4.78 is 66.4. The first kappa shape index (κ1) is 56.4. The Morgan fingerprint density at radius 1 is 0.701 bits per heavy atom. The van der Waals surface area contributed by atoms with E-state index in [2.05, 4.69) is 15.3 Å². The number of carbonyl (C=O) groups is 3. The van der Waals surface area contributed by atoms with Crippen LogP contribution in [0.25, 0.3) is 0 Å². The molecule has 3 heterocycles. The van der Waals surface area contributed by atoms with Gasteiger partial charge in [0.25, 0.3) is 0 Å². The number of hydrogen-bond donors (Lipinski definition) is 1. The van der Waals surface area contributed by atoms with Crippen LogP contribution in [0.4, 0.5) is 0 Å². The van der Waals surface area contributed by atoms with Gasteiger partial charge in [-0.05, 0) is 91.9 Å². The number of oxime groups is 1. The summed E-state index contributed by atoms with van der Waals surface area (Å²) in [7, 11) is -6.40. The van der Waals surface area contributed by atoms with Gasteiger partial charge in [-0.2, -0.15) is 4.98 Å². The molecule has 2 aliphatic heterocycles. The first-order valence-corrected chi connectivity index (χ1v) is 28.8. The monoisotopic (exact) mass is 985 g/mol. The van der Waals surface area contributed by atoms with Crippen molar-refractivity contribution >= 4 is 43.8 Å². The van der Waals surface area contributed by atoms with E-state index in [9.17, 15) is 31.2 Å². The van der Waals surface area contributed by atoms with Gasteiger partial charge >= 0.3 is 17.9 Å². The summed E-state index contributed by atoms with van der Waals surface area (Å²) in [6.07, 6.45) is 23.4. The number of esters is 2. The molecule has 67 heavy (non-hydrogen) atoms. The van der Waals surface area contributed by atoms with Crippen molar-refractivity contribution in [2.45, 2.75) is 206 Å². The van der Waals surface area contributed by atoms with Crippen molar-refractivity contribution in [1.29, 1.82) is 0 Å². The molecule has 2 saturated carbocycles. The Morgan fingerprint density at radius 2 is 1.16 bits per heavy atom. The highest BCUT2D eigenvalue weighted by molar-refractivity contribution is 7.88. The molecule has 0 bridgehead atoms. The Labute approximate surface area is 401 Å². The fourth-order valence-electron chi connectivity index (χ4n) is 9.80.